The fourth-order valence-electron chi connectivity index (χ4n) is 1.32. The second-order valence-corrected chi connectivity index (χ2v) is 4.34. The Bertz CT molecular complexity index is 200. The zero-order chi connectivity index (χ0) is 10.6. The SMILES string of the molecule is CC(C)COCCNC1(C(N)=O)CC1. The maximum Gasteiger partial charge on any atom is 0.237 e. The molecule has 4 heteroatoms. The van der Waals surface area contributed by atoms with Crippen LogP contribution < -0.4 is 11.1 Å². The number of hydrogen-bond acceptors (Lipinski definition) is 3. The molecule has 1 rings (SSSR count). The highest BCUT2D eigenvalue weighted by atomic mass is 16.5. The van der Waals surface area contributed by atoms with Crippen LogP contribution in [0, 0.1) is 5.92 Å². The number of nitrogens with two attached hydrogens (primary N) is 1. The summed E-state index contributed by atoms with van der Waals surface area (Å²) in [6.45, 7) is 6.34. The maximum atomic E-state index is 11.0. The van der Waals surface area contributed by atoms with Gasteiger partial charge in [-0.3, -0.25) is 4.79 Å². The number of amides is 1. The van der Waals surface area contributed by atoms with Crippen LogP contribution in [-0.4, -0.2) is 31.2 Å². The second kappa shape index (κ2) is 4.75. The van der Waals surface area contributed by atoms with Crippen LogP contribution in [0.15, 0.2) is 0 Å². The molecule has 0 bridgehead atoms. The molecule has 0 aromatic rings. The van der Waals surface area contributed by atoms with Crippen molar-refractivity contribution in [2.24, 2.45) is 11.7 Å². The lowest BCUT2D eigenvalue weighted by atomic mass is 10.2. The Balaban J connectivity index is 2.02. The molecule has 0 spiro atoms. The highest BCUT2D eigenvalue weighted by molar-refractivity contribution is 5.87. The van der Waals surface area contributed by atoms with Gasteiger partial charge in [-0.25, -0.2) is 0 Å². The van der Waals surface area contributed by atoms with Gasteiger partial charge < -0.3 is 15.8 Å². The minimum atomic E-state index is -0.402. The topological polar surface area (TPSA) is 64.3 Å². The van der Waals surface area contributed by atoms with Gasteiger partial charge in [-0.2, -0.15) is 0 Å². The first kappa shape index (κ1) is 11.5. The number of primary amides is 1. The third-order valence-electron chi connectivity index (χ3n) is 2.38. The van der Waals surface area contributed by atoms with Crippen LogP contribution in [0.5, 0.6) is 0 Å². The molecular formula is C10H20N2O2. The minimum Gasteiger partial charge on any atom is -0.380 e. The normalized spacial score (nSPS) is 18.5. The summed E-state index contributed by atoms with van der Waals surface area (Å²) >= 11 is 0. The molecule has 1 fully saturated rings. The summed E-state index contributed by atoms with van der Waals surface area (Å²) in [4.78, 5) is 11.0. The molecule has 0 aromatic heterocycles. The fourth-order valence-corrected chi connectivity index (χ4v) is 1.32. The first-order valence-corrected chi connectivity index (χ1v) is 5.19. The summed E-state index contributed by atoms with van der Waals surface area (Å²) in [6.07, 6.45) is 1.74. The number of carbonyl (C=O) groups is 1. The van der Waals surface area contributed by atoms with E-state index in [1.165, 1.54) is 0 Å². The monoisotopic (exact) mass is 200 g/mol. The molecule has 0 radical (unpaired) electrons. The highest BCUT2D eigenvalue weighted by Crippen LogP contribution is 2.34. The Kier molecular flexibility index (Phi) is 3.89. The van der Waals surface area contributed by atoms with Crippen LogP contribution in [0.25, 0.3) is 0 Å². The van der Waals surface area contributed by atoms with Gasteiger partial charge in [0.2, 0.25) is 5.91 Å². The van der Waals surface area contributed by atoms with Gasteiger partial charge in [-0.1, -0.05) is 13.8 Å². The highest BCUT2D eigenvalue weighted by Gasteiger charge is 2.47. The van der Waals surface area contributed by atoms with E-state index in [0.29, 0.717) is 19.1 Å². The Labute approximate surface area is 85.2 Å². The molecule has 4 nitrogen and oxygen atoms in total. The number of rotatable bonds is 7. The van der Waals surface area contributed by atoms with Crippen molar-refractivity contribution in [1.29, 1.82) is 0 Å². The molecule has 3 N–H and O–H groups in total. The average Bonchev–Trinajstić information content (AvgIpc) is 2.84. The minimum absolute atomic E-state index is 0.235. The molecule has 1 aliphatic carbocycles. The molecule has 0 heterocycles. The van der Waals surface area contributed by atoms with Crippen molar-refractivity contribution in [3.05, 3.63) is 0 Å². The summed E-state index contributed by atoms with van der Waals surface area (Å²) in [5.74, 6) is 0.322. The molecule has 1 saturated carbocycles. The molecule has 0 unspecified atom stereocenters. The van der Waals surface area contributed by atoms with Crippen molar-refractivity contribution in [3.63, 3.8) is 0 Å². The number of ether oxygens (including phenoxy) is 1. The zero-order valence-electron chi connectivity index (χ0n) is 9.01. The third-order valence-corrected chi connectivity index (χ3v) is 2.38. The molecule has 82 valence electrons. The predicted octanol–water partition coefficient (Wildman–Crippen LogP) is 0.267. The lowest BCUT2D eigenvalue weighted by Crippen LogP contribution is -2.45. The number of nitrogens with one attached hydrogen (secondary N) is 1. The van der Waals surface area contributed by atoms with E-state index < -0.39 is 5.54 Å². The molecule has 0 aromatic carbocycles. The summed E-state index contributed by atoms with van der Waals surface area (Å²) in [5, 5.41) is 3.14. The van der Waals surface area contributed by atoms with Gasteiger partial charge in [-0.15, -0.1) is 0 Å². The zero-order valence-corrected chi connectivity index (χ0v) is 9.01. The van der Waals surface area contributed by atoms with Crippen LogP contribution >= 0.6 is 0 Å². The van der Waals surface area contributed by atoms with Gasteiger partial charge in [0.1, 0.15) is 0 Å². The number of carbonyl (C=O) groups excluding carboxylic acids is 1. The van der Waals surface area contributed by atoms with E-state index in [1.807, 2.05) is 0 Å². The van der Waals surface area contributed by atoms with Gasteiger partial charge in [-0.05, 0) is 18.8 Å². The van der Waals surface area contributed by atoms with Crippen LogP contribution in [-0.2, 0) is 9.53 Å². The molecule has 0 aliphatic heterocycles. The van der Waals surface area contributed by atoms with E-state index in [-0.39, 0.29) is 5.91 Å². The first-order valence-electron chi connectivity index (χ1n) is 5.19. The van der Waals surface area contributed by atoms with E-state index in [0.717, 1.165) is 19.4 Å². The van der Waals surface area contributed by atoms with E-state index in [9.17, 15) is 4.79 Å². The molecule has 1 amide bonds. The van der Waals surface area contributed by atoms with Crippen molar-refractivity contribution in [3.8, 4) is 0 Å². The van der Waals surface area contributed by atoms with Crippen molar-refractivity contribution in [2.75, 3.05) is 19.8 Å². The molecule has 0 saturated heterocycles. The van der Waals surface area contributed by atoms with Crippen molar-refractivity contribution < 1.29 is 9.53 Å². The summed E-state index contributed by atoms with van der Waals surface area (Å²) < 4.78 is 5.38. The lowest BCUT2D eigenvalue weighted by molar-refractivity contribution is -0.121. The lowest BCUT2D eigenvalue weighted by Gasteiger charge is -2.13. The molecule has 14 heavy (non-hydrogen) atoms. The van der Waals surface area contributed by atoms with Crippen LogP contribution in [0.3, 0.4) is 0 Å². The molecular weight excluding hydrogens is 180 g/mol. The Hall–Kier alpha value is -0.610. The van der Waals surface area contributed by atoms with Crippen LogP contribution in [0.2, 0.25) is 0 Å². The molecule has 0 atom stereocenters. The summed E-state index contributed by atoms with van der Waals surface area (Å²) in [6, 6.07) is 0. The largest absolute Gasteiger partial charge is 0.380 e. The standard InChI is InChI=1S/C10H20N2O2/c1-8(2)7-14-6-5-12-10(3-4-10)9(11)13/h8,12H,3-7H2,1-2H3,(H2,11,13). The van der Waals surface area contributed by atoms with Gasteiger partial charge >= 0.3 is 0 Å². The van der Waals surface area contributed by atoms with E-state index in [2.05, 4.69) is 19.2 Å². The van der Waals surface area contributed by atoms with E-state index in [1.54, 1.807) is 0 Å². The van der Waals surface area contributed by atoms with Gasteiger partial charge in [0.25, 0.3) is 0 Å². The maximum absolute atomic E-state index is 11.0. The Morgan fingerprint density at radius 1 is 1.57 bits per heavy atom. The van der Waals surface area contributed by atoms with Crippen LogP contribution in [0.1, 0.15) is 26.7 Å². The number of hydrogen-bond donors (Lipinski definition) is 2. The quantitative estimate of drug-likeness (QED) is 0.580. The summed E-state index contributed by atoms with van der Waals surface area (Å²) in [7, 11) is 0. The smallest absolute Gasteiger partial charge is 0.237 e. The van der Waals surface area contributed by atoms with Crippen LogP contribution in [0.4, 0.5) is 0 Å². The first-order chi connectivity index (χ1) is 6.57. The average molecular weight is 200 g/mol. The predicted molar refractivity (Wildman–Crippen MR) is 54.8 cm³/mol. The van der Waals surface area contributed by atoms with Crippen molar-refractivity contribution >= 4 is 5.91 Å². The van der Waals surface area contributed by atoms with E-state index in [4.69, 9.17) is 10.5 Å². The van der Waals surface area contributed by atoms with E-state index >= 15 is 0 Å². The Morgan fingerprint density at radius 3 is 2.64 bits per heavy atom. The molecule has 1 aliphatic rings. The van der Waals surface area contributed by atoms with Crippen molar-refractivity contribution in [2.45, 2.75) is 32.2 Å². The third kappa shape index (κ3) is 3.27. The van der Waals surface area contributed by atoms with Crippen molar-refractivity contribution in [1.82, 2.24) is 5.32 Å². The van der Waals surface area contributed by atoms with Gasteiger partial charge in [0.15, 0.2) is 0 Å². The van der Waals surface area contributed by atoms with Gasteiger partial charge in [0.05, 0.1) is 12.1 Å². The second-order valence-electron chi connectivity index (χ2n) is 4.34. The fraction of sp³-hybridized carbons (Fsp3) is 0.900. The Morgan fingerprint density at radius 2 is 2.21 bits per heavy atom. The van der Waals surface area contributed by atoms with Gasteiger partial charge in [0, 0.05) is 13.2 Å². The summed E-state index contributed by atoms with van der Waals surface area (Å²) in [5.41, 5.74) is 4.85.